The maximum atomic E-state index is 5.76. The van der Waals surface area contributed by atoms with Crippen molar-refractivity contribution in [2.24, 2.45) is 0 Å². The van der Waals surface area contributed by atoms with Gasteiger partial charge in [0.15, 0.2) is 0 Å². The highest BCUT2D eigenvalue weighted by Gasteiger charge is 2.27. The number of halogens is 1. The van der Waals surface area contributed by atoms with Crippen molar-refractivity contribution < 1.29 is 0 Å². The molecule has 1 atom stereocenters. The van der Waals surface area contributed by atoms with Gasteiger partial charge in [-0.25, -0.2) is 0 Å². The lowest BCUT2D eigenvalue weighted by molar-refractivity contribution is 0.163. The molecule has 0 aromatic heterocycles. The minimum Gasteiger partial charge on any atom is -0.301 e. The predicted octanol–water partition coefficient (Wildman–Crippen LogP) is 1.79. The van der Waals surface area contributed by atoms with Gasteiger partial charge in [0.05, 0.1) is 0 Å². The molecule has 2 aliphatic heterocycles. The van der Waals surface area contributed by atoms with Gasteiger partial charge in [-0.15, -0.1) is 11.6 Å². The van der Waals surface area contributed by atoms with E-state index in [1.807, 2.05) is 0 Å². The first-order valence-corrected chi connectivity index (χ1v) is 6.46. The van der Waals surface area contributed by atoms with Crippen LogP contribution in [0.1, 0.15) is 25.7 Å². The second-order valence-corrected chi connectivity index (χ2v) is 4.91. The van der Waals surface area contributed by atoms with Gasteiger partial charge in [0.25, 0.3) is 0 Å². The van der Waals surface area contributed by atoms with E-state index in [0.717, 1.165) is 18.5 Å². The molecule has 14 heavy (non-hydrogen) atoms. The molecule has 1 unspecified atom stereocenters. The topological polar surface area (TPSA) is 6.48 Å². The van der Waals surface area contributed by atoms with Crippen molar-refractivity contribution in [1.29, 1.82) is 0 Å². The zero-order valence-corrected chi connectivity index (χ0v) is 9.68. The fourth-order valence-corrected chi connectivity index (χ4v) is 2.96. The molecule has 82 valence electrons. The third kappa shape index (κ3) is 2.62. The highest BCUT2D eigenvalue weighted by molar-refractivity contribution is 6.18. The second kappa shape index (κ2) is 5.34. The normalized spacial score (nSPS) is 31.1. The maximum absolute atomic E-state index is 5.76. The van der Waals surface area contributed by atoms with Gasteiger partial charge in [-0.1, -0.05) is 6.42 Å². The number of hydrogen-bond donors (Lipinski definition) is 0. The van der Waals surface area contributed by atoms with Crippen LogP contribution in [0.25, 0.3) is 0 Å². The third-order valence-electron chi connectivity index (χ3n) is 3.56. The molecule has 0 aromatic carbocycles. The zero-order valence-electron chi connectivity index (χ0n) is 8.92. The number of rotatable bonds is 3. The Kier molecular flexibility index (Phi) is 4.09. The van der Waals surface area contributed by atoms with Gasteiger partial charge >= 0.3 is 0 Å². The lowest BCUT2D eigenvalue weighted by Crippen LogP contribution is -2.41. The molecule has 2 nitrogen and oxygen atoms in total. The van der Waals surface area contributed by atoms with E-state index >= 15 is 0 Å². The summed E-state index contributed by atoms with van der Waals surface area (Å²) in [5, 5.41) is 0. The van der Waals surface area contributed by atoms with Crippen molar-refractivity contribution in [2.75, 3.05) is 38.6 Å². The first-order valence-electron chi connectivity index (χ1n) is 5.92. The molecule has 0 amide bonds. The van der Waals surface area contributed by atoms with E-state index in [2.05, 4.69) is 9.80 Å². The van der Waals surface area contributed by atoms with E-state index in [4.69, 9.17) is 11.6 Å². The summed E-state index contributed by atoms with van der Waals surface area (Å²) in [6.45, 7) is 6.26. The van der Waals surface area contributed by atoms with E-state index in [9.17, 15) is 0 Å². The largest absolute Gasteiger partial charge is 0.301 e. The number of hydrogen-bond acceptors (Lipinski definition) is 2. The summed E-state index contributed by atoms with van der Waals surface area (Å²) in [4.78, 5) is 5.20. The molecule has 2 saturated heterocycles. The molecule has 3 heteroatoms. The molecule has 2 heterocycles. The first-order chi connectivity index (χ1) is 6.90. The van der Waals surface area contributed by atoms with Gasteiger partial charge in [0, 0.05) is 25.0 Å². The van der Waals surface area contributed by atoms with Crippen LogP contribution in [0.3, 0.4) is 0 Å². The van der Waals surface area contributed by atoms with Gasteiger partial charge in [-0.05, 0) is 38.9 Å². The molecule has 0 aromatic rings. The van der Waals surface area contributed by atoms with E-state index in [1.54, 1.807) is 0 Å². The second-order valence-electron chi connectivity index (χ2n) is 4.53. The Bertz CT molecular complexity index is 169. The van der Waals surface area contributed by atoms with Crippen LogP contribution < -0.4 is 0 Å². The Morgan fingerprint density at radius 3 is 2.57 bits per heavy atom. The molecule has 2 aliphatic rings. The fourth-order valence-electron chi connectivity index (χ4n) is 2.72. The van der Waals surface area contributed by atoms with Crippen LogP contribution >= 0.6 is 11.6 Å². The maximum Gasteiger partial charge on any atom is 0.0351 e. The molecule has 0 aliphatic carbocycles. The number of piperidine rings is 1. The standard InChI is InChI=1S/C11H21ClN2/c12-5-9-13-8-4-11(10-13)14-6-2-1-3-7-14/h11H,1-10H2. The lowest BCUT2D eigenvalue weighted by Gasteiger charge is -2.32. The van der Waals surface area contributed by atoms with Gasteiger partial charge in [0.1, 0.15) is 0 Å². The molecule has 0 radical (unpaired) electrons. The summed E-state index contributed by atoms with van der Waals surface area (Å²) in [7, 11) is 0. The molecule has 0 saturated carbocycles. The van der Waals surface area contributed by atoms with Crippen molar-refractivity contribution in [3.05, 3.63) is 0 Å². The first kappa shape index (κ1) is 10.7. The number of nitrogens with zero attached hydrogens (tertiary/aromatic N) is 2. The minimum absolute atomic E-state index is 0.784. The third-order valence-corrected chi connectivity index (χ3v) is 3.72. The van der Waals surface area contributed by atoms with E-state index in [0.29, 0.717) is 0 Å². The van der Waals surface area contributed by atoms with Crippen molar-refractivity contribution in [3.63, 3.8) is 0 Å². The Balaban J connectivity index is 1.76. The minimum atomic E-state index is 0.784. The quantitative estimate of drug-likeness (QED) is 0.664. The van der Waals surface area contributed by atoms with Crippen molar-refractivity contribution >= 4 is 11.6 Å². The van der Waals surface area contributed by atoms with Gasteiger partial charge < -0.3 is 4.90 Å². The van der Waals surface area contributed by atoms with Crippen LogP contribution in [0.15, 0.2) is 0 Å². The number of likely N-dealkylation sites (tertiary alicyclic amines) is 2. The van der Waals surface area contributed by atoms with Crippen LogP contribution in [0.5, 0.6) is 0 Å². The average molecular weight is 217 g/mol. The van der Waals surface area contributed by atoms with E-state index in [1.165, 1.54) is 51.9 Å². The number of alkyl halides is 1. The highest BCUT2D eigenvalue weighted by atomic mass is 35.5. The Morgan fingerprint density at radius 2 is 1.86 bits per heavy atom. The smallest absolute Gasteiger partial charge is 0.0351 e. The molecule has 0 spiro atoms. The Hall–Kier alpha value is 0.210. The van der Waals surface area contributed by atoms with Gasteiger partial charge in [-0.3, -0.25) is 4.90 Å². The van der Waals surface area contributed by atoms with Crippen LogP contribution in [0.4, 0.5) is 0 Å². The van der Waals surface area contributed by atoms with Gasteiger partial charge in [-0.2, -0.15) is 0 Å². The van der Waals surface area contributed by atoms with Crippen molar-refractivity contribution in [1.82, 2.24) is 9.80 Å². The lowest BCUT2D eigenvalue weighted by atomic mass is 10.1. The summed E-state index contributed by atoms with van der Waals surface area (Å²) in [6.07, 6.45) is 5.61. The summed E-state index contributed by atoms with van der Waals surface area (Å²) < 4.78 is 0. The summed E-state index contributed by atoms with van der Waals surface area (Å²) >= 11 is 5.76. The SMILES string of the molecule is ClCCN1CCC(N2CCCCC2)C1. The van der Waals surface area contributed by atoms with Crippen LogP contribution in [-0.4, -0.2) is 54.4 Å². The van der Waals surface area contributed by atoms with Gasteiger partial charge in [0.2, 0.25) is 0 Å². The van der Waals surface area contributed by atoms with E-state index < -0.39 is 0 Å². The van der Waals surface area contributed by atoms with Crippen molar-refractivity contribution in [2.45, 2.75) is 31.7 Å². The molecule has 0 bridgehead atoms. The highest BCUT2D eigenvalue weighted by Crippen LogP contribution is 2.19. The predicted molar refractivity (Wildman–Crippen MR) is 61.0 cm³/mol. The Labute approximate surface area is 92.2 Å². The zero-order chi connectivity index (χ0) is 9.80. The molecular weight excluding hydrogens is 196 g/mol. The summed E-state index contributed by atoms with van der Waals surface area (Å²) in [5.41, 5.74) is 0. The fraction of sp³-hybridized carbons (Fsp3) is 1.00. The molecule has 2 rings (SSSR count). The van der Waals surface area contributed by atoms with Crippen LogP contribution in [0.2, 0.25) is 0 Å². The average Bonchev–Trinajstić information content (AvgIpc) is 2.68. The molecule has 0 N–H and O–H groups in total. The molecular formula is C11H21ClN2. The van der Waals surface area contributed by atoms with Crippen molar-refractivity contribution in [3.8, 4) is 0 Å². The van der Waals surface area contributed by atoms with E-state index in [-0.39, 0.29) is 0 Å². The summed E-state index contributed by atoms with van der Waals surface area (Å²) in [6, 6.07) is 0.832. The Morgan fingerprint density at radius 1 is 1.07 bits per heavy atom. The summed E-state index contributed by atoms with van der Waals surface area (Å²) in [5.74, 6) is 0.784. The monoisotopic (exact) mass is 216 g/mol. The van der Waals surface area contributed by atoms with Crippen LogP contribution in [0, 0.1) is 0 Å². The van der Waals surface area contributed by atoms with Crippen LogP contribution in [-0.2, 0) is 0 Å². The molecule has 2 fully saturated rings.